The van der Waals surface area contributed by atoms with Crippen LogP contribution in [-0.4, -0.2) is 14.5 Å². The Balaban J connectivity index is 1.32. The lowest BCUT2D eigenvalue weighted by Crippen LogP contribution is -2.11. The van der Waals surface area contributed by atoms with E-state index in [4.69, 9.17) is 18.6 Å². The van der Waals surface area contributed by atoms with E-state index in [1.165, 1.54) is 0 Å². The highest BCUT2D eigenvalue weighted by Crippen LogP contribution is 2.46. The van der Waals surface area contributed by atoms with Crippen molar-refractivity contribution in [1.29, 1.82) is 0 Å². The lowest BCUT2D eigenvalue weighted by molar-refractivity contribution is 0.482. The van der Waals surface area contributed by atoms with Gasteiger partial charge in [-0.2, -0.15) is 0 Å². The highest BCUT2D eigenvalue weighted by Gasteiger charge is 2.23. The molecule has 0 aliphatic rings. The molecule has 4 aromatic heterocycles. The summed E-state index contributed by atoms with van der Waals surface area (Å²) in [5.74, 6) is 2.81. The molecular weight excluding hydrogens is 572 g/mol. The van der Waals surface area contributed by atoms with Crippen molar-refractivity contribution in [3.8, 4) is 22.9 Å². The van der Waals surface area contributed by atoms with E-state index in [0.29, 0.717) is 22.7 Å². The molecule has 9 rings (SSSR count). The van der Waals surface area contributed by atoms with Crippen molar-refractivity contribution in [1.82, 2.24) is 14.5 Å². The van der Waals surface area contributed by atoms with Gasteiger partial charge in [0.2, 0.25) is 0 Å². The number of anilines is 3. The molecule has 0 amide bonds. The minimum atomic E-state index is 0.583. The van der Waals surface area contributed by atoms with Gasteiger partial charge in [-0.05, 0) is 48.5 Å². The minimum absolute atomic E-state index is 0.583. The van der Waals surface area contributed by atoms with Crippen LogP contribution in [0.5, 0.6) is 11.5 Å². The summed E-state index contributed by atoms with van der Waals surface area (Å²) >= 11 is 0. The van der Waals surface area contributed by atoms with Gasteiger partial charge in [-0.3, -0.25) is 4.90 Å². The first kappa shape index (κ1) is 26.1. The summed E-state index contributed by atoms with van der Waals surface area (Å²) < 4.78 is 21.9. The number of hydrogen-bond acceptors (Lipinski definition) is 6. The lowest BCUT2D eigenvalue weighted by Gasteiger charge is -2.24. The Morgan fingerprint density at radius 1 is 0.609 bits per heavy atom. The predicted octanol–water partition coefficient (Wildman–Crippen LogP) is 10.5. The number of aryl methyl sites for hydroxylation is 1. The van der Waals surface area contributed by atoms with Crippen molar-refractivity contribution >= 4 is 61.1 Å². The van der Waals surface area contributed by atoms with Gasteiger partial charge in [-0.15, -0.1) is 0 Å². The monoisotopic (exact) mass is 598 g/mol. The van der Waals surface area contributed by atoms with Gasteiger partial charge in [0.05, 0.1) is 11.1 Å². The fourth-order valence-corrected chi connectivity index (χ4v) is 6.25. The van der Waals surface area contributed by atoms with Crippen LogP contribution >= 0.6 is 0 Å². The van der Waals surface area contributed by atoms with Crippen molar-refractivity contribution in [2.45, 2.75) is 0 Å². The molecule has 7 heteroatoms. The molecule has 220 valence electrons. The van der Waals surface area contributed by atoms with Gasteiger partial charge >= 0.3 is 0 Å². The summed E-state index contributed by atoms with van der Waals surface area (Å²) in [7, 11) is 1.99. The molecule has 5 aromatic carbocycles. The van der Waals surface area contributed by atoms with E-state index in [9.17, 15) is 0 Å². The van der Waals surface area contributed by atoms with Gasteiger partial charge in [0.1, 0.15) is 34.1 Å². The zero-order chi connectivity index (χ0) is 30.6. The Hall–Kier alpha value is -6.34. The molecule has 0 N–H and O–H groups in total. The molecule has 0 aliphatic heterocycles. The first-order valence-corrected chi connectivity index (χ1v) is 15.0. The Morgan fingerprint density at radius 2 is 1.37 bits per heavy atom. The van der Waals surface area contributed by atoms with Crippen LogP contribution in [0.4, 0.5) is 17.2 Å². The molecule has 0 aliphatic carbocycles. The maximum absolute atomic E-state index is 7.00. The van der Waals surface area contributed by atoms with E-state index in [1.54, 1.807) is 12.4 Å². The Kier molecular flexibility index (Phi) is 5.89. The van der Waals surface area contributed by atoms with Gasteiger partial charge in [0.25, 0.3) is 0 Å². The number of benzene rings is 5. The number of pyridine rings is 1. The highest BCUT2D eigenvalue weighted by molar-refractivity contribution is 6.11. The second-order valence-electron chi connectivity index (χ2n) is 11.2. The van der Waals surface area contributed by atoms with Crippen molar-refractivity contribution in [3.05, 3.63) is 140 Å². The average Bonchev–Trinajstić information content (AvgIpc) is 3.81. The Morgan fingerprint density at radius 3 is 2.15 bits per heavy atom. The molecule has 0 unspecified atom stereocenters. The Labute approximate surface area is 263 Å². The Bertz CT molecular complexity index is 2490. The lowest BCUT2D eigenvalue weighted by atomic mass is 10.1. The van der Waals surface area contributed by atoms with Gasteiger partial charge in [-0.25, -0.2) is 9.97 Å². The number of imidazole rings is 1. The average molecular weight is 599 g/mol. The topological polar surface area (TPSA) is 69.5 Å². The SMILES string of the molecule is Cn1ccnc1-c1cc(Oc2cc(N(c3ccccc3)c3ccccn3)cc3oc4ccccc4c23)c2oc3ccccc3c2c1. The number of fused-ring (bicyclic) bond motifs is 6. The maximum atomic E-state index is 7.00. The molecule has 0 radical (unpaired) electrons. The van der Waals surface area contributed by atoms with Crippen LogP contribution in [0, 0.1) is 0 Å². The maximum Gasteiger partial charge on any atom is 0.177 e. The first-order chi connectivity index (χ1) is 22.7. The van der Waals surface area contributed by atoms with Gasteiger partial charge in [0.15, 0.2) is 11.3 Å². The van der Waals surface area contributed by atoms with E-state index in [-0.39, 0.29) is 0 Å². The van der Waals surface area contributed by atoms with E-state index in [1.807, 2.05) is 109 Å². The number of para-hydroxylation sites is 3. The standard InChI is InChI=1S/C39H26N4O3/c1-42-20-19-41-39(42)25-21-30-28-13-5-7-15-31(28)46-38(30)35(22-25)45-34-24-27(23-33-37(34)29-14-6-8-16-32(29)44-33)43(26-11-3-2-4-12-26)36-17-9-10-18-40-36/h2-24H,1H3. The van der Waals surface area contributed by atoms with Crippen LogP contribution in [0.1, 0.15) is 0 Å². The van der Waals surface area contributed by atoms with Crippen molar-refractivity contribution in [3.63, 3.8) is 0 Å². The smallest absolute Gasteiger partial charge is 0.177 e. The summed E-state index contributed by atoms with van der Waals surface area (Å²) in [4.78, 5) is 11.5. The number of rotatable bonds is 6. The summed E-state index contributed by atoms with van der Waals surface area (Å²) in [6, 6.07) is 40.3. The van der Waals surface area contributed by atoms with Crippen LogP contribution in [0.15, 0.2) is 149 Å². The van der Waals surface area contributed by atoms with Gasteiger partial charge < -0.3 is 18.1 Å². The van der Waals surface area contributed by atoms with Crippen LogP contribution < -0.4 is 9.64 Å². The number of aromatic nitrogens is 3. The highest BCUT2D eigenvalue weighted by atomic mass is 16.5. The fourth-order valence-electron chi connectivity index (χ4n) is 6.25. The molecule has 9 aromatic rings. The molecule has 0 fully saturated rings. The fraction of sp³-hybridized carbons (Fsp3) is 0.0256. The molecule has 0 spiro atoms. The van der Waals surface area contributed by atoms with E-state index >= 15 is 0 Å². The van der Waals surface area contributed by atoms with E-state index < -0.39 is 0 Å². The third-order valence-corrected chi connectivity index (χ3v) is 8.32. The minimum Gasteiger partial charge on any atom is -0.456 e. The van der Waals surface area contributed by atoms with Crippen LogP contribution in [0.2, 0.25) is 0 Å². The summed E-state index contributed by atoms with van der Waals surface area (Å²) in [5, 5.41) is 3.80. The van der Waals surface area contributed by atoms with E-state index in [2.05, 4.69) is 40.2 Å². The van der Waals surface area contributed by atoms with Crippen molar-refractivity contribution < 1.29 is 13.6 Å². The second-order valence-corrected chi connectivity index (χ2v) is 11.2. The zero-order valence-electron chi connectivity index (χ0n) is 24.8. The zero-order valence-corrected chi connectivity index (χ0v) is 24.8. The number of furan rings is 2. The molecule has 0 saturated heterocycles. The van der Waals surface area contributed by atoms with Gasteiger partial charge in [0, 0.05) is 65.2 Å². The molecular formula is C39H26N4O3. The largest absolute Gasteiger partial charge is 0.456 e. The van der Waals surface area contributed by atoms with Crippen molar-refractivity contribution in [2.24, 2.45) is 7.05 Å². The van der Waals surface area contributed by atoms with Crippen LogP contribution in [-0.2, 0) is 7.05 Å². The second kappa shape index (κ2) is 10.4. The summed E-state index contributed by atoms with van der Waals surface area (Å²) in [6.45, 7) is 0. The molecule has 46 heavy (non-hydrogen) atoms. The predicted molar refractivity (Wildman–Crippen MR) is 182 cm³/mol. The summed E-state index contributed by atoms with van der Waals surface area (Å²) in [6.07, 6.45) is 5.53. The molecule has 0 atom stereocenters. The molecule has 4 heterocycles. The van der Waals surface area contributed by atoms with Crippen molar-refractivity contribution in [2.75, 3.05) is 4.90 Å². The van der Waals surface area contributed by atoms with Gasteiger partial charge in [-0.1, -0.05) is 60.7 Å². The number of ether oxygens (including phenoxy) is 1. The molecule has 0 bridgehead atoms. The molecule has 7 nitrogen and oxygen atoms in total. The summed E-state index contributed by atoms with van der Waals surface area (Å²) in [5.41, 5.74) is 5.65. The third-order valence-electron chi connectivity index (χ3n) is 8.32. The van der Waals surface area contributed by atoms with E-state index in [0.717, 1.165) is 61.3 Å². The number of hydrogen-bond donors (Lipinski definition) is 0. The quantitative estimate of drug-likeness (QED) is 0.190. The first-order valence-electron chi connectivity index (χ1n) is 15.0. The normalized spacial score (nSPS) is 11.6. The number of nitrogens with zero attached hydrogens (tertiary/aromatic N) is 4. The molecule has 0 saturated carbocycles. The van der Waals surface area contributed by atoms with Crippen LogP contribution in [0.3, 0.4) is 0 Å². The third kappa shape index (κ3) is 4.21. The van der Waals surface area contributed by atoms with Crippen LogP contribution in [0.25, 0.3) is 55.3 Å².